The van der Waals surface area contributed by atoms with Crippen LogP contribution in [0, 0.1) is 11.8 Å². The van der Waals surface area contributed by atoms with Crippen molar-refractivity contribution < 1.29 is 14.9 Å². The van der Waals surface area contributed by atoms with Crippen LogP contribution < -0.4 is 11.4 Å². The van der Waals surface area contributed by atoms with E-state index in [0.717, 1.165) is 10.9 Å². The second kappa shape index (κ2) is 5.61. The van der Waals surface area contributed by atoms with Crippen LogP contribution in [0.15, 0.2) is 11.0 Å². The zero-order chi connectivity index (χ0) is 15.8. The molecule has 0 amide bonds. The summed E-state index contributed by atoms with van der Waals surface area (Å²) in [5, 5.41) is 23.8. The van der Waals surface area contributed by atoms with Gasteiger partial charge in [0.2, 0.25) is 0 Å². The lowest BCUT2D eigenvalue weighted by Gasteiger charge is -2.24. The van der Waals surface area contributed by atoms with Crippen LogP contribution in [-0.4, -0.2) is 48.2 Å². The normalized spacial score (nSPS) is 33.3. The van der Waals surface area contributed by atoms with Crippen molar-refractivity contribution in [2.45, 2.75) is 43.3 Å². The Bertz CT molecular complexity index is 653. The van der Waals surface area contributed by atoms with Crippen LogP contribution in [0.5, 0.6) is 0 Å². The average molecular weight is 315 g/mol. The van der Waals surface area contributed by atoms with Crippen LogP contribution in [0.3, 0.4) is 0 Å². The Hall–Kier alpha value is -1.66. The Morgan fingerprint density at radius 1 is 1.67 bits per heavy atom. The molecule has 0 aliphatic carbocycles. The summed E-state index contributed by atoms with van der Waals surface area (Å²) in [4.78, 5) is 13.8. The summed E-state index contributed by atoms with van der Waals surface area (Å²) >= 11 is 6.35. The Morgan fingerprint density at radius 2 is 2.33 bits per heavy atom. The van der Waals surface area contributed by atoms with Crippen LogP contribution in [-0.2, 0) is 4.74 Å². The molecule has 1 fully saturated rings. The number of rotatable bonds is 2. The van der Waals surface area contributed by atoms with E-state index < -0.39 is 35.1 Å². The first-order valence-electron chi connectivity index (χ1n) is 6.17. The highest BCUT2D eigenvalue weighted by Crippen LogP contribution is 2.43. The quantitative estimate of drug-likeness (QED) is 0.465. The number of nitrogens with two attached hydrogens (primary N) is 1. The summed E-state index contributed by atoms with van der Waals surface area (Å²) in [6, 6.07) is 0. The molecule has 114 valence electrons. The standard InChI is InChI=1S/C12H15ClN4O4/c1-3-4-12(13)9(19)8(6(2)18)21-10(12)17-11(20)16-7(14)5-15-17/h5-6,8-10,18-19H,1-2H3,(H2,14,16,20)/t6-,8-,9?,10-,12-/m1/s1. The first-order chi connectivity index (χ1) is 9.81. The van der Waals surface area contributed by atoms with Crippen LogP contribution in [0.1, 0.15) is 20.1 Å². The highest BCUT2D eigenvalue weighted by Gasteiger charge is 2.57. The van der Waals surface area contributed by atoms with Crippen molar-refractivity contribution in [2.24, 2.45) is 0 Å². The maximum atomic E-state index is 11.9. The molecule has 0 bridgehead atoms. The molecular weight excluding hydrogens is 300 g/mol. The second-order valence-corrected chi connectivity index (χ2v) is 5.32. The van der Waals surface area contributed by atoms with Crippen molar-refractivity contribution in [1.82, 2.24) is 14.8 Å². The van der Waals surface area contributed by atoms with Gasteiger partial charge < -0.3 is 20.7 Å². The van der Waals surface area contributed by atoms with Gasteiger partial charge in [-0.2, -0.15) is 14.8 Å². The van der Waals surface area contributed by atoms with E-state index in [9.17, 15) is 15.0 Å². The molecule has 1 aliphatic rings. The molecule has 0 spiro atoms. The molecule has 21 heavy (non-hydrogen) atoms. The van der Waals surface area contributed by atoms with Gasteiger partial charge in [0.1, 0.15) is 18.0 Å². The van der Waals surface area contributed by atoms with Gasteiger partial charge in [-0.1, -0.05) is 17.5 Å². The fourth-order valence-corrected chi connectivity index (χ4v) is 2.53. The molecule has 0 radical (unpaired) electrons. The molecule has 1 aromatic rings. The van der Waals surface area contributed by atoms with Gasteiger partial charge in [-0.3, -0.25) is 0 Å². The number of aliphatic hydroxyl groups excluding tert-OH is 2. The summed E-state index contributed by atoms with van der Waals surface area (Å²) in [6.45, 7) is 2.96. The van der Waals surface area contributed by atoms with Crippen molar-refractivity contribution in [2.75, 3.05) is 5.73 Å². The van der Waals surface area contributed by atoms with Gasteiger partial charge in [0, 0.05) is 0 Å². The smallest absolute Gasteiger partial charge is 0.368 e. The van der Waals surface area contributed by atoms with E-state index >= 15 is 0 Å². The number of alkyl halides is 1. The van der Waals surface area contributed by atoms with Gasteiger partial charge in [0.05, 0.1) is 12.3 Å². The van der Waals surface area contributed by atoms with Crippen LogP contribution in [0.2, 0.25) is 0 Å². The molecular formula is C12H15ClN4O4. The molecule has 4 N–H and O–H groups in total. The number of aliphatic hydroxyl groups is 2. The molecule has 1 aliphatic heterocycles. The molecule has 9 heteroatoms. The second-order valence-electron chi connectivity index (χ2n) is 4.69. The van der Waals surface area contributed by atoms with Gasteiger partial charge in [-0.05, 0) is 13.8 Å². The maximum absolute atomic E-state index is 11.9. The number of hydrogen-bond donors (Lipinski definition) is 3. The van der Waals surface area contributed by atoms with Crippen LogP contribution in [0.25, 0.3) is 0 Å². The lowest BCUT2D eigenvalue weighted by Crippen LogP contribution is -2.45. The summed E-state index contributed by atoms with van der Waals surface area (Å²) < 4.78 is 6.34. The fraction of sp³-hybridized carbons (Fsp3) is 0.583. The van der Waals surface area contributed by atoms with Crippen molar-refractivity contribution in [3.05, 3.63) is 16.7 Å². The molecule has 1 saturated heterocycles. The van der Waals surface area contributed by atoms with E-state index in [-0.39, 0.29) is 5.82 Å². The predicted octanol–water partition coefficient (Wildman–Crippen LogP) is -1.14. The van der Waals surface area contributed by atoms with Crippen LogP contribution in [0.4, 0.5) is 5.82 Å². The zero-order valence-corrected chi connectivity index (χ0v) is 12.2. The Kier molecular flexibility index (Phi) is 4.20. The Labute approximate surface area is 125 Å². The summed E-state index contributed by atoms with van der Waals surface area (Å²) in [6.07, 6.45) is -3.40. The first-order valence-corrected chi connectivity index (χ1v) is 6.54. The number of anilines is 1. The highest BCUT2D eigenvalue weighted by molar-refractivity contribution is 6.27. The lowest BCUT2D eigenvalue weighted by atomic mass is 9.97. The van der Waals surface area contributed by atoms with Crippen molar-refractivity contribution >= 4 is 17.4 Å². The topological polar surface area (TPSA) is 123 Å². The SMILES string of the molecule is CC#C[C@@]1(Cl)C(O)[C@@H]([C@@H](C)O)O[C@H]1n1ncc(N)nc1=O. The van der Waals surface area contributed by atoms with E-state index in [1.807, 2.05) is 0 Å². The minimum Gasteiger partial charge on any atom is -0.391 e. The van der Waals surface area contributed by atoms with Gasteiger partial charge in [-0.25, -0.2) is 4.79 Å². The number of aromatic nitrogens is 3. The summed E-state index contributed by atoms with van der Waals surface area (Å²) in [5.41, 5.74) is 4.59. The minimum atomic E-state index is -1.63. The van der Waals surface area contributed by atoms with E-state index in [2.05, 4.69) is 21.9 Å². The number of hydrogen-bond acceptors (Lipinski definition) is 7. The Morgan fingerprint density at radius 3 is 2.86 bits per heavy atom. The molecule has 5 atom stereocenters. The minimum absolute atomic E-state index is 0.0522. The van der Waals surface area contributed by atoms with E-state index in [0.29, 0.717) is 0 Å². The number of nitrogen functional groups attached to an aromatic ring is 1. The molecule has 1 aromatic heterocycles. The number of ether oxygens (including phenoxy) is 1. The van der Waals surface area contributed by atoms with Gasteiger partial charge in [-0.15, -0.1) is 5.92 Å². The van der Waals surface area contributed by atoms with Gasteiger partial charge in [0.25, 0.3) is 0 Å². The summed E-state index contributed by atoms with van der Waals surface area (Å²) in [5.74, 6) is 5.14. The first kappa shape index (κ1) is 15.7. The van der Waals surface area contributed by atoms with E-state index in [4.69, 9.17) is 22.1 Å². The van der Waals surface area contributed by atoms with Gasteiger partial charge in [0.15, 0.2) is 11.1 Å². The maximum Gasteiger partial charge on any atom is 0.368 e. The van der Waals surface area contributed by atoms with Crippen molar-refractivity contribution in [1.29, 1.82) is 0 Å². The lowest BCUT2D eigenvalue weighted by molar-refractivity contribution is -0.0809. The van der Waals surface area contributed by atoms with E-state index in [1.54, 1.807) is 0 Å². The third-order valence-electron chi connectivity index (χ3n) is 3.14. The molecule has 2 rings (SSSR count). The molecule has 8 nitrogen and oxygen atoms in total. The molecule has 1 unspecified atom stereocenters. The van der Waals surface area contributed by atoms with Gasteiger partial charge >= 0.3 is 5.69 Å². The molecule has 0 saturated carbocycles. The number of halogens is 1. The van der Waals surface area contributed by atoms with Crippen molar-refractivity contribution in [3.8, 4) is 11.8 Å². The summed E-state index contributed by atoms with van der Waals surface area (Å²) in [7, 11) is 0. The highest BCUT2D eigenvalue weighted by atomic mass is 35.5. The fourth-order valence-electron chi connectivity index (χ4n) is 2.17. The third-order valence-corrected chi connectivity index (χ3v) is 3.64. The third kappa shape index (κ3) is 2.61. The Balaban J connectivity index is 2.54. The van der Waals surface area contributed by atoms with Crippen molar-refractivity contribution in [3.63, 3.8) is 0 Å². The van der Waals surface area contributed by atoms with Crippen LogP contribution >= 0.6 is 11.6 Å². The van der Waals surface area contributed by atoms with E-state index in [1.165, 1.54) is 13.8 Å². The molecule has 0 aromatic carbocycles. The average Bonchev–Trinajstić information content (AvgIpc) is 2.64. The monoisotopic (exact) mass is 314 g/mol. The largest absolute Gasteiger partial charge is 0.391 e. The number of nitrogens with zero attached hydrogens (tertiary/aromatic N) is 3. The zero-order valence-electron chi connectivity index (χ0n) is 11.4. The molecule has 2 heterocycles. The predicted molar refractivity (Wildman–Crippen MR) is 74.3 cm³/mol.